The van der Waals surface area contributed by atoms with Crippen molar-refractivity contribution in [3.8, 4) is 11.3 Å². The number of aryl methyl sites for hydroxylation is 2. The Morgan fingerprint density at radius 3 is 2.60 bits per heavy atom. The lowest BCUT2D eigenvalue weighted by Crippen LogP contribution is -2.13. The number of ether oxygens (including phenoxy) is 2. The van der Waals surface area contributed by atoms with Crippen molar-refractivity contribution in [3.63, 3.8) is 0 Å². The molecule has 0 atom stereocenters. The molecule has 9 nitrogen and oxygen atoms in total. The van der Waals surface area contributed by atoms with Crippen LogP contribution in [0.1, 0.15) is 30.4 Å². The van der Waals surface area contributed by atoms with E-state index in [1.54, 1.807) is 25.3 Å². The summed E-state index contributed by atoms with van der Waals surface area (Å²) in [6, 6.07) is 14.0. The molecule has 0 radical (unpaired) electrons. The van der Waals surface area contributed by atoms with Gasteiger partial charge >= 0.3 is 17.7 Å². The highest BCUT2D eigenvalue weighted by Gasteiger charge is 2.13. The van der Waals surface area contributed by atoms with Gasteiger partial charge in [0.2, 0.25) is 0 Å². The van der Waals surface area contributed by atoms with Crippen LogP contribution in [0.25, 0.3) is 22.3 Å². The van der Waals surface area contributed by atoms with Gasteiger partial charge in [0, 0.05) is 40.8 Å². The Hall–Kier alpha value is -4.40. The maximum Gasteiger partial charge on any atom is 0.411 e. The van der Waals surface area contributed by atoms with Crippen molar-refractivity contribution in [1.82, 2.24) is 4.98 Å². The largest absolute Gasteiger partial charge is 0.461 e. The number of benzene rings is 2. The number of carbonyl (C=O) groups is 2. The van der Waals surface area contributed by atoms with Gasteiger partial charge in [0.25, 0.3) is 0 Å². The number of nitrogens with one attached hydrogen (secondary N) is 1. The summed E-state index contributed by atoms with van der Waals surface area (Å²) < 4.78 is 21.2. The van der Waals surface area contributed by atoms with Gasteiger partial charge in [-0.05, 0) is 26.0 Å². The maximum absolute atomic E-state index is 12.3. The molecule has 0 saturated carbocycles. The Morgan fingerprint density at radius 2 is 1.83 bits per heavy atom. The van der Waals surface area contributed by atoms with E-state index >= 15 is 0 Å². The van der Waals surface area contributed by atoms with Gasteiger partial charge < -0.3 is 18.3 Å². The summed E-state index contributed by atoms with van der Waals surface area (Å²) in [4.78, 5) is 40.1. The predicted octanol–water partition coefficient (Wildman–Crippen LogP) is 5.00. The first-order chi connectivity index (χ1) is 16.9. The lowest BCUT2D eigenvalue weighted by Gasteiger charge is -2.09. The van der Waals surface area contributed by atoms with Crippen LogP contribution in [0.15, 0.2) is 68.4 Å². The molecule has 2 heterocycles. The van der Waals surface area contributed by atoms with E-state index in [0.717, 1.165) is 11.1 Å². The first-order valence-corrected chi connectivity index (χ1v) is 11.1. The second-order valence-electron chi connectivity index (χ2n) is 7.79. The Labute approximate surface area is 200 Å². The van der Waals surface area contributed by atoms with Crippen LogP contribution < -0.4 is 10.9 Å². The number of hydrogen-bond donors (Lipinski definition) is 1. The van der Waals surface area contributed by atoms with E-state index in [4.69, 9.17) is 18.3 Å². The first kappa shape index (κ1) is 23.7. The molecule has 0 bridgehead atoms. The van der Waals surface area contributed by atoms with Gasteiger partial charge in [-0.15, -0.1) is 0 Å². The molecule has 0 fully saturated rings. The van der Waals surface area contributed by atoms with Gasteiger partial charge in [0.15, 0.2) is 11.7 Å². The number of aromatic nitrogens is 1. The van der Waals surface area contributed by atoms with Gasteiger partial charge in [-0.1, -0.05) is 29.8 Å². The fourth-order valence-electron chi connectivity index (χ4n) is 3.43. The minimum absolute atomic E-state index is 0.0703. The third-order valence-corrected chi connectivity index (χ3v) is 5.17. The number of rotatable bonds is 8. The second-order valence-corrected chi connectivity index (χ2v) is 7.79. The van der Waals surface area contributed by atoms with Crippen molar-refractivity contribution >= 4 is 28.7 Å². The van der Waals surface area contributed by atoms with E-state index in [1.165, 1.54) is 12.1 Å². The molecule has 0 spiro atoms. The highest BCUT2D eigenvalue weighted by molar-refractivity contribution is 5.90. The highest BCUT2D eigenvalue weighted by Crippen LogP contribution is 2.23. The Balaban J connectivity index is 1.36. The first-order valence-electron chi connectivity index (χ1n) is 11.1. The molecular weight excluding hydrogens is 452 g/mol. The number of amides is 1. The normalized spacial score (nSPS) is 10.8. The SMILES string of the molecule is CCOC(=O)Nc1ccc2c(COC(=O)CCc3ncc(-c4ccc(C)cc4)o3)cc(=O)oc2c1. The predicted molar refractivity (Wildman–Crippen MR) is 128 cm³/mol. The zero-order valence-electron chi connectivity index (χ0n) is 19.3. The second kappa shape index (κ2) is 10.7. The highest BCUT2D eigenvalue weighted by atomic mass is 16.5. The summed E-state index contributed by atoms with van der Waals surface area (Å²) in [7, 11) is 0. The molecule has 0 unspecified atom stereocenters. The van der Waals surface area contributed by atoms with Crippen molar-refractivity contribution in [1.29, 1.82) is 0 Å². The number of hydrogen-bond acceptors (Lipinski definition) is 8. The molecule has 35 heavy (non-hydrogen) atoms. The van der Waals surface area contributed by atoms with Crippen molar-refractivity contribution < 1.29 is 27.9 Å². The molecule has 4 rings (SSSR count). The minimum Gasteiger partial charge on any atom is -0.461 e. The lowest BCUT2D eigenvalue weighted by molar-refractivity contribution is -0.144. The molecule has 0 saturated heterocycles. The van der Waals surface area contributed by atoms with Crippen LogP contribution >= 0.6 is 0 Å². The summed E-state index contributed by atoms with van der Waals surface area (Å²) >= 11 is 0. The van der Waals surface area contributed by atoms with E-state index in [1.807, 2.05) is 31.2 Å². The average molecular weight is 476 g/mol. The third kappa shape index (κ3) is 6.14. The fraction of sp³-hybridized carbons (Fsp3) is 0.231. The summed E-state index contributed by atoms with van der Waals surface area (Å²) in [5, 5.41) is 3.13. The zero-order chi connectivity index (χ0) is 24.8. The number of carbonyl (C=O) groups excluding carboxylic acids is 2. The molecule has 1 amide bonds. The third-order valence-electron chi connectivity index (χ3n) is 5.17. The van der Waals surface area contributed by atoms with Crippen LogP contribution in [0.5, 0.6) is 0 Å². The Morgan fingerprint density at radius 1 is 1.03 bits per heavy atom. The van der Waals surface area contributed by atoms with Crippen LogP contribution in [-0.2, 0) is 27.3 Å². The maximum atomic E-state index is 12.3. The number of esters is 1. The van der Waals surface area contributed by atoms with Crippen molar-refractivity contribution in [2.45, 2.75) is 33.3 Å². The molecule has 4 aromatic rings. The van der Waals surface area contributed by atoms with E-state index < -0.39 is 17.7 Å². The van der Waals surface area contributed by atoms with Gasteiger partial charge in [0.05, 0.1) is 19.2 Å². The number of anilines is 1. The van der Waals surface area contributed by atoms with Crippen LogP contribution in [0, 0.1) is 6.92 Å². The van der Waals surface area contributed by atoms with E-state index in [-0.39, 0.29) is 31.6 Å². The minimum atomic E-state index is -0.615. The topological polar surface area (TPSA) is 121 Å². The summed E-state index contributed by atoms with van der Waals surface area (Å²) in [6.07, 6.45) is 1.37. The molecule has 0 aliphatic rings. The van der Waals surface area contributed by atoms with E-state index in [9.17, 15) is 14.4 Å². The van der Waals surface area contributed by atoms with Gasteiger partial charge in [-0.25, -0.2) is 14.6 Å². The quantitative estimate of drug-likeness (QED) is 0.279. The Kier molecular flexibility index (Phi) is 7.25. The molecule has 0 aliphatic heterocycles. The van der Waals surface area contributed by atoms with Gasteiger partial charge in [-0.2, -0.15) is 0 Å². The molecular formula is C26H24N2O7. The average Bonchev–Trinajstić information content (AvgIpc) is 3.30. The Bertz CT molecular complexity index is 1400. The molecule has 2 aromatic carbocycles. The van der Waals surface area contributed by atoms with Crippen LogP contribution in [0.3, 0.4) is 0 Å². The molecule has 2 aromatic heterocycles. The number of fused-ring (bicyclic) bond motifs is 1. The smallest absolute Gasteiger partial charge is 0.411 e. The van der Waals surface area contributed by atoms with Crippen LogP contribution in [0.2, 0.25) is 0 Å². The number of nitrogens with zero attached hydrogens (tertiary/aromatic N) is 1. The van der Waals surface area contributed by atoms with Crippen molar-refractivity contribution in [2.24, 2.45) is 0 Å². The van der Waals surface area contributed by atoms with Crippen molar-refractivity contribution in [2.75, 3.05) is 11.9 Å². The molecule has 1 N–H and O–H groups in total. The van der Waals surface area contributed by atoms with E-state index in [0.29, 0.717) is 28.3 Å². The summed E-state index contributed by atoms with van der Waals surface area (Å²) in [5.41, 5.74) is 2.61. The fourth-order valence-corrected chi connectivity index (χ4v) is 3.43. The molecule has 9 heteroatoms. The lowest BCUT2D eigenvalue weighted by atomic mass is 10.1. The van der Waals surface area contributed by atoms with Gasteiger partial charge in [-0.3, -0.25) is 10.1 Å². The molecule has 180 valence electrons. The summed E-state index contributed by atoms with van der Waals surface area (Å²) in [6.45, 7) is 3.83. The summed E-state index contributed by atoms with van der Waals surface area (Å²) in [5.74, 6) is 0.611. The van der Waals surface area contributed by atoms with E-state index in [2.05, 4.69) is 10.3 Å². The van der Waals surface area contributed by atoms with Crippen LogP contribution in [-0.4, -0.2) is 23.7 Å². The van der Waals surface area contributed by atoms with Crippen LogP contribution in [0.4, 0.5) is 10.5 Å². The van der Waals surface area contributed by atoms with Gasteiger partial charge in [0.1, 0.15) is 12.2 Å². The molecule has 0 aliphatic carbocycles. The number of oxazole rings is 1. The standard InChI is InChI=1S/C26H24N2O7/c1-3-32-26(31)28-19-8-9-20-18(12-25(30)35-21(20)13-19)15-33-24(29)11-10-23-27-14-22(34-23)17-6-4-16(2)5-7-17/h4-9,12-14H,3,10-11,15H2,1-2H3,(H,28,31). The zero-order valence-corrected chi connectivity index (χ0v) is 19.3. The monoisotopic (exact) mass is 476 g/mol. The van der Waals surface area contributed by atoms with Crippen molar-refractivity contribution in [3.05, 3.63) is 82.2 Å².